The molecule has 1 unspecified atom stereocenters. The molecule has 0 saturated carbocycles. The Labute approximate surface area is 79.5 Å². The fraction of sp³-hybridized carbons (Fsp3) is 1.00. The van der Waals surface area contributed by atoms with Crippen molar-refractivity contribution in [1.29, 1.82) is 0 Å². The quantitative estimate of drug-likeness (QED) is 0.603. The molecule has 4 nitrogen and oxygen atoms in total. The van der Waals surface area contributed by atoms with Gasteiger partial charge in [0.25, 0.3) is 0 Å². The van der Waals surface area contributed by atoms with Crippen LogP contribution in [0.25, 0.3) is 0 Å². The molecule has 80 valence electrons. The van der Waals surface area contributed by atoms with E-state index in [-0.39, 0.29) is 18.8 Å². The molecule has 3 atom stereocenters. The van der Waals surface area contributed by atoms with Crippen molar-refractivity contribution in [2.75, 3.05) is 19.8 Å². The average Bonchev–Trinajstić information content (AvgIpc) is 2.10. The molecule has 4 heteroatoms. The van der Waals surface area contributed by atoms with Crippen molar-refractivity contribution >= 4 is 0 Å². The Morgan fingerprint density at radius 3 is 2.00 bits per heavy atom. The highest BCUT2D eigenvalue weighted by molar-refractivity contribution is 4.52. The monoisotopic (exact) mass is 192 g/mol. The molecule has 0 aliphatic carbocycles. The van der Waals surface area contributed by atoms with E-state index in [2.05, 4.69) is 0 Å². The molecule has 0 aromatic carbocycles. The lowest BCUT2D eigenvalue weighted by Crippen LogP contribution is -2.24. The molecule has 13 heavy (non-hydrogen) atoms. The number of hydrogen-bond donors (Lipinski definition) is 2. The Balaban J connectivity index is 3.34. The van der Waals surface area contributed by atoms with Gasteiger partial charge in [-0.15, -0.1) is 0 Å². The van der Waals surface area contributed by atoms with E-state index in [9.17, 15) is 0 Å². The second-order valence-electron chi connectivity index (χ2n) is 3.32. The zero-order valence-electron chi connectivity index (χ0n) is 8.56. The summed E-state index contributed by atoms with van der Waals surface area (Å²) >= 11 is 0. The first-order valence-electron chi connectivity index (χ1n) is 4.58. The van der Waals surface area contributed by atoms with E-state index in [0.717, 1.165) is 0 Å². The summed E-state index contributed by atoms with van der Waals surface area (Å²) in [7, 11) is 0. The van der Waals surface area contributed by atoms with Crippen LogP contribution in [0.15, 0.2) is 0 Å². The number of rotatable bonds is 7. The highest BCUT2D eigenvalue weighted by Gasteiger charge is 2.06. The lowest BCUT2D eigenvalue weighted by atomic mass is 10.4. The summed E-state index contributed by atoms with van der Waals surface area (Å²) in [6.45, 7) is 6.10. The van der Waals surface area contributed by atoms with Gasteiger partial charge in [-0.25, -0.2) is 0 Å². The van der Waals surface area contributed by atoms with Gasteiger partial charge in [-0.1, -0.05) is 0 Å². The second-order valence-corrected chi connectivity index (χ2v) is 3.32. The lowest BCUT2D eigenvalue weighted by Gasteiger charge is -2.16. The molecule has 0 spiro atoms. The molecule has 0 radical (unpaired) electrons. The predicted octanol–water partition coefficient (Wildman–Crippen LogP) is 0.170. The molecular weight excluding hydrogens is 172 g/mol. The normalized spacial score (nSPS) is 18.2. The minimum absolute atomic E-state index is 0.0170. The maximum absolute atomic E-state index is 8.92. The minimum atomic E-state index is -0.447. The van der Waals surface area contributed by atoms with Crippen molar-refractivity contribution in [3.05, 3.63) is 0 Å². The van der Waals surface area contributed by atoms with Gasteiger partial charge in [-0.05, 0) is 20.8 Å². The lowest BCUT2D eigenvalue weighted by molar-refractivity contribution is -0.0620. The highest BCUT2D eigenvalue weighted by atomic mass is 16.5. The van der Waals surface area contributed by atoms with Gasteiger partial charge >= 0.3 is 0 Å². The zero-order valence-corrected chi connectivity index (χ0v) is 8.56. The van der Waals surface area contributed by atoms with Crippen LogP contribution in [0.4, 0.5) is 0 Å². The molecule has 0 aromatic heterocycles. The van der Waals surface area contributed by atoms with Crippen LogP contribution in [0.3, 0.4) is 0 Å². The van der Waals surface area contributed by atoms with Gasteiger partial charge in [-0.3, -0.25) is 0 Å². The van der Waals surface area contributed by atoms with Crippen LogP contribution in [0, 0.1) is 0 Å². The Bertz CT molecular complexity index is 116. The van der Waals surface area contributed by atoms with Crippen LogP contribution >= 0.6 is 0 Å². The first-order chi connectivity index (χ1) is 6.06. The Kier molecular flexibility index (Phi) is 7.17. The summed E-state index contributed by atoms with van der Waals surface area (Å²) in [5, 5.41) is 17.6. The zero-order chi connectivity index (χ0) is 10.3. The van der Waals surface area contributed by atoms with Gasteiger partial charge in [0.2, 0.25) is 0 Å². The van der Waals surface area contributed by atoms with Crippen molar-refractivity contribution < 1.29 is 19.7 Å². The number of ether oxygens (including phenoxy) is 2. The van der Waals surface area contributed by atoms with Gasteiger partial charge in [0, 0.05) is 0 Å². The van der Waals surface area contributed by atoms with Crippen LogP contribution < -0.4 is 0 Å². The fourth-order valence-electron chi connectivity index (χ4n) is 0.704. The molecule has 0 bridgehead atoms. The van der Waals surface area contributed by atoms with Crippen LogP contribution in [0.2, 0.25) is 0 Å². The smallest absolute Gasteiger partial charge is 0.0781 e. The van der Waals surface area contributed by atoms with Gasteiger partial charge in [-0.2, -0.15) is 0 Å². The molecule has 0 aromatic rings. The topological polar surface area (TPSA) is 58.9 Å². The third-order valence-corrected chi connectivity index (χ3v) is 1.49. The summed E-state index contributed by atoms with van der Waals surface area (Å²) in [5.74, 6) is 0. The van der Waals surface area contributed by atoms with E-state index in [1.165, 1.54) is 0 Å². The molecule has 2 N–H and O–H groups in total. The second kappa shape index (κ2) is 7.26. The number of hydrogen-bond acceptors (Lipinski definition) is 4. The van der Waals surface area contributed by atoms with Crippen LogP contribution in [-0.2, 0) is 9.47 Å². The summed E-state index contributed by atoms with van der Waals surface area (Å²) in [6, 6.07) is 0. The largest absolute Gasteiger partial charge is 0.394 e. The van der Waals surface area contributed by atoms with Crippen LogP contribution in [0.5, 0.6) is 0 Å². The molecule has 0 saturated heterocycles. The molecule has 0 heterocycles. The first kappa shape index (κ1) is 12.8. The predicted molar refractivity (Wildman–Crippen MR) is 49.6 cm³/mol. The molecule has 0 aliphatic heterocycles. The maximum Gasteiger partial charge on any atom is 0.0781 e. The van der Waals surface area contributed by atoms with Crippen molar-refractivity contribution in [3.63, 3.8) is 0 Å². The number of aliphatic hydroxyl groups excluding tert-OH is 2. The molecule has 0 fully saturated rings. The van der Waals surface area contributed by atoms with E-state index >= 15 is 0 Å². The van der Waals surface area contributed by atoms with Crippen molar-refractivity contribution in [1.82, 2.24) is 0 Å². The molecule has 0 aliphatic rings. The maximum atomic E-state index is 8.92. The SMILES string of the molecule is CC(O)CO[C@@H](C)CO[C@@H](C)CO. The fourth-order valence-corrected chi connectivity index (χ4v) is 0.704. The summed E-state index contributed by atoms with van der Waals surface area (Å²) < 4.78 is 10.5. The van der Waals surface area contributed by atoms with E-state index in [1.807, 2.05) is 6.92 Å². The van der Waals surface area contributed by atoms with Gasteiger partial charge in [0.15, 0.2) is 0 Å². The van der Waals surface area contributed by atoms with E-state index in [0.29, 0.717) is 13.2 Å². The number of aliphatic hydroxyl groups is 2. The molecule has 0 amide bonds. The highest BCUT2D eigenvalue weighted by Crippen LogP contribution is 1.97. The van der Waals surface area contributed by atoms with Crippen molar-refractivity contribution in [2.45, 2.75) is 39.1 Å². The Hall–Kier alpha value is -0.160. The van der Waals surface area contributed by atoms with Crippen LogP contribution in [-0.4, -0.2) is 48.3 Å². The van der Waals surface area contributed by atoms with Crippen molar-refractivity contribution in [2.24, 2.45) is 0 Å². The Morgan fingerprint density at radius 2 is 1.54 bits per heavy atom. The van der Waals surface area contributed by atoms with E-state index in [4.69, 9.17) is 19.7 Å². The van der Waals surface area contributed by atoms with Crippen LogP contribution in [0.1, 0.15) is 20.8 Å². The van der Waals surface area contributed by atoms with Gasteiger partial charge in [0.05, 0.1) is 38.1 Å². The van der Waals surface area contributed by atoms with Crippen molar-refractivity contribution in [3.8, 4) is 0 Å². The summed E-state index contributed by atoms with van der Waals surface area (Å²) in [4.78, 5) is 0. The third kappa shape index (κ3) is 8.18. The van der Waals surface area contributed by atoms with Gasteiger partial charge in [0.1, 0.15) is 0 Å². The molecular formula is C9H20O4. The van der Waals surface area contributed by atoms with Gasteiger partial charge < -0.3 is 19.7 Å². The summed E-state index contributed by atoms with van der Waals surface area (Å²) in [6.07, 6.45) is -0.654. The van der Waals surface area contributed by atoms with E-state index in [1.54, 1.807) is 13.8 Å². The standard InChI is InChI=1S/C9H20O4/c1-7(11)5-12-9(3)6-13-8(2)4-10/h7-11H,4-6H2,1-3H3/t7?,8-,9-/m0/s1. The minimum Gasteiger partial charge on any atom is -0.394 e. The average molecular weight is 192 g/mol. The third-order valence-electron chi connectivity index (χ3n) is 1.49. The molecule has 0 rings (SSSR count). The summed E-state index contributed by atoms with van der Waals surface area (Å²) in [5.41, 5.74) is 0. The Morgan fingerprint density at radius 1 is 1.00 bits per heavy atom. The van der Waals surface area contributed by atoms with E-state index < -0.39 is 6.10 Å². The first-order valence-corrected chi connectivity index (χ1v) is 4.58.